The second-order valence-electron chi connectivity index (χ2n) is 10.7. The molecule has 38 heavy (non-hydrogen) atoms. The number of rotatable bonds is 10. The molecule has 2 aromatic carbocycles. The molecular formula is C30H37FN2O5. The molecule has 0 spiro atoms. The third-order valence-corrected chi connectivity index (χ3v) is 7.49. The molecule has 204 valence electrons. The van der Waals surface area contributed by atoms with Crippen molar-refractivity contribution in [2.24, 2.45) is 0 Å². The minimum atomic E-state index is -1.05. The number of aryl methyl sites for hydroxylation is 1. The number of hydrogen-bond acceptors (Lipinski definition) is 5. The van der Waals surface area contributed by atoms with Gasteiger partial charge in [-0.15, -0.1) is 0 Å². The predicted octanol–water partition coefficient (Wildman–Crippen LogP) is 4.79. The molecule has 1 atom stereocenters. The number of fused-ring (bicyclic) bond motifs is 2. The monoisotopic (exact) mass is 524 g/mol. The molecule has 7 nitrogen and oxygen atoms in total. The van der Waals surface area contributed by atoms with Crippen LogP contribution in [0.4, 0.5) is 4.39 Å². The van der Waals surface area contributed by atoms with Gasteiger partial charge in [-0.2, -0.15) is 0 Å². The van der Waals surface area contributed by atoms with Crippen molar-refractivity contribution in [2.45, 2.75) is 58.0 Å². The number of aliphatic carboxylic acids is 1. The van der Waals surface area contributed by atoms with Gasteiger partial charge in [0.25, 0.3) is 0 Å². The molecule has 0 fully saturated rings. The van der Waals surface area contributed by atoms with Crippen LogP contribution in [0.5, 0.6) is 11.5 Å². The Morgan fingerprint density at radius 1 is 1.24 bits per heavy atom. The second kappa shape index (κ2) is 11.6. The number of carboxylic acids is 1. The van der Waals surface area contributed by atoms with Crippen LogP contribution in [0.1, 0.15) is 62.6 Å². The van der Waals surface area contributed by atoms with Crippen molar-refractivity contribution < 1.29 is 28.6 Å². The molecule has 2 heterocycles. The van der Waals surface area contributed by atoms with Crippen molar-refractivity contribution in [3.05, 3.63) is 64.5 Å². The smallest absolute Gasteiger partial charge is 0.341 e. The van der Waals surface area contributed by atoms with E-state index in [0.717, 1.165) is 60.1 Å². The minimum absolute atomic E-state index is 0.0484. The maximum absolute atomic E-state index is 13.2. The van der Waals surface area contributed by atoms with Crippen molar-refractivity contribution in [3.8, 4) is 11.5 Å². The first-order valence-corrected chi connectivity index (χ1v) is 13.2. The van der Waals surface area contributed by atoms with E-state index in [9.17, 15) is 19.1 Å². The maximum Gasteiger partial charge on any atom is 0.341 e. The number of nitrogens with zero attached hydrogens (tertiary/aromatic N) is 1. The zero-order valence-corrected chi connectivity index (χ0v) is 22.6. The van der Waals surface area contributed by atoms with Gasteiger partial charge in [0.05, 0.1) is 12.1 Å². The van der Waals surface area contributed by atoms with Gasteiger partial charge >= 0.3 is 5.97 Å². The molecule has 2 aliphatic heterocycles. The van der Waals surface area contributed by atoms with Crippen molar-refractivity contribution >= 4 is 17.4 Å². The van der Waals surface area contributed by atoms with E-state index in [1.165, 1.54) is 12.1 Å². The lowest BCUT2D eigenvalue weighted by Gasteiger charge is -2.42. The first-order valence-electron chi connectivity index (χ1n) is 13.2. The number of carbonyl (C=O) groups is 2. The van der Waals surface area contributed by atoms with Gasteiger partial charge in [-0.25, -0.2) is 9.18 Å². The Balaban J connectivity index is 1.63. The number of ether oxygens (including phenoxy) is 2. The van der Waals surface area contributed by atoms with E-state index >= 15 is 0 Å². The van der Waals surface area contributed by atoms with Crippen molar-refractivity contribution in [3.63, 3.8) is 0 Å². The number of carboxylic acid groups (broad SMARTS) is 1. The first kappa shape index (κ1) is 27.6. The number of halogens is 1. The largest absolute Gasteiger partial charge is 0.483 e. The van der Waals surface area contributed by atoms with E-state index in [0.29, 0.717) is 24.6 Å². The molecule has 8 heteroatoms. The number of hydrogen-bond donors (Lipinski definition) is 2. The van der Waals surface area contributed by atoms with Gasteiger partial charge in [-0.1, -0.05) is 19.1 Å². The summed E-state index contributed by atoms with van der Waals surface area (Å²) in [6.07, 6.45) is 3.41. The predicted molar refractivity (Wildman–Crippen MR) is 144 cm³/mol. The van der Waals surface area contributed by atoms with Crippen LogP contribution in [0.3, 0.4) is 0 Å². The van der Waals surface area contributed by atoms with E-state index in [4.69, 9.17) is 9.47 Å². The average molecular weight is 525 g/mol. The van der Waals surface area contributed by atoms with Gasteiger partial charge in [0, 0.05) is 20.1 Å². The number of amides is 1. The van der Waals surface area contributed by atoms with Gasteiger partial charge in [-0.05, 0) is 92.0 Å². The fourth-order valence-corrected chi connectivity index (χ4v) is 5.42. The molecule has 0 aliphatic carbocycles. The lowest BCUT2D eigenvalue weighted by molar-refractivity contribution is -0.139. The van der Waals surface area contributed by atoms with E-state index in [-0.39, 0.29) is 17.6 Å². The average Bonchev–Trinajstić information content (AvgIpc) is 2.87. The molecule has 0 saturated carbocycles. The van der Waals surface area contributed by atoms with Crippen LogP contribution < -0.4 is 14.8 Å². The van der Waals surface area contributed by atoms with E-state index in [2.05, 4.69) is 37.1 Å². The van der Waals surface area contributed by atoms with Crippen LogP contribution in [0, 0.1) is 5.82 Å². The zero-order valence-electron chi connectivity index (χ0n) is 22.6. The van der Waals surface area contributed by atoms with Crippen LogP contribution in [0.25, 0.3) is 5.57 Å². The molecule has 1 unspecified atom stereocenters. The summed E-state index contributed by atoms with van der Waals surface area (Å²) in [6, 6.07) is 10.6. The molecule has 0 radical (unpaired) electrons. The Bertz CT molecular complexity index is 1220. The quantitative estimate of drug-likeness (QED) is 0.465. The molecule has 0 aromatic heterocycles. The SMILES string of the molecule is CNC(=O)CN1CCC2=C(C1)c1c(OCC(=O)O)cc(C(C)CCCc3ccc(F)cc3)cc1OC2(C)C. The highest BCUT2D eigenvalue weighted by Gasteiger charge is 2.39. The van der Waals surface area contributed by atoms with Crippen LogP contribution in [-0.4, -0.2) is 60.8 Å². The Labute approximate surface area is 223 Å². The number of likely N-dealkylation sites (N-methyl/N-ethyl adjacent to an activating group) is 1. The van der Waals surface area contributed by atoms with Gasteiger partial charge in [0.1, 0.15) is 22.9 Å². The van der Waals surface area contributed by atoms with E-state index in [1.54, 1.807) is 7.05 Å². The molecular weight excluding hydrogens is 487 g/mol. The highest BCUT2D eigenvalue weighted by Crippen LogP contribution is 2.49. The van der Waals surface area contributed by atoms with Gasteiger partial charge in [0.2, 0.25) is 5.91 Å². The Hall–Kier alpha value is -3.39. The van der Waals surface area contributed by atoms with Crippen LogP contribution in [-0.2, 0) is 16.0 Å². The van der Waals surface area contributed by atoms with Gasteiger partial charge in [0.15, 0.2) is 6.61 Å². The summed E-state index contributed by atoms with van der Waals surface area (Å²) in [4.78, 5) is 25.6. The van der Waals surface area contributed by atoms with Gasteiger partial charge < -0.3 is 19.9 Å². The summed E-state index contributed by atoms with van der Waals surface area (Å²) in [7, 11) is 1.63. The van der Waals surface area contributed by atoms with Crippen molar-refractivity contribution in [1.82, 2.24) is 10.2 Å². The number of nitrogens with one attached hydrogen (secondary N) is 1. The molecule has 1 amide bonds. The molecule has 2 N–H and O–H groups in total. The topological polar surface area (TPSA) is 88.1 Å². The number of carbonyl (C=O) groups excluding carboxylic acids is 1. The van der Waals surface area contributed by atoms with Gasteiger partial charge in [-0.3, -0.25) is 9.69 Å². The van der Waals surface area contributed by atoms with Crippen LogP contribution >= 0.6 is 0 Å². The Morgan fingerprint density at radius 2 is 1.97 bits per heavy atom. The lowest BCUT2D eigenvalue weighted by atomic mass is 9.80. The summed E-state index contributed by atoms with van der Waals surface area (Å²) in [6.45, 7) is 7.37. The molecule has 0 saturated heterocycles. The summed E-state index contributed by atoms with van der Waals surface area (Å²) in [5, 5.41) is 12.0. The third-order valence-electron chi connectivity index (χ3n) is 7.49. The van der Waals surface area contributed by atoms with Crippen molar-refractivity contribution in [1.29, 1.82) is 0 Å². The Morgan fingerprint density at radius 3 is 2.66 bits per heavy atom. The van der Waals surface area contributed by atoms with Crippen LogP contribution in [0.2, 0.25) is 0 Å². The fourth-order valence-electron chi connectivity index (χ4n) is 5.42. The summed E-state index contributed by atoms with van der Waals surface area (Å²) >= 11 is 0. The summed E-state index contributed by atoms with van der Waals surface area (Å²) in [5.41, 5.74) is 4.56. The molecule has 2 aliphatic rings. The molecule has 4 rings (SSSR count). The van der Waals surface area contributed by atoms with Crippen molar-refractivity contribution in [2.75, 3.05) is 33.3 Å². The third kappa shape index (κ3) is 6.35. The zero-order chi connectivity index (χ0) is 27.4. The highest BCUT2D eigenvalue weighted by atomic mass is 19.1. The highest BCUT2D eigenvalue weighted by molar-refractivity contribution is 5.84. The van der Waals surface area contributed by atoms with Crippen LogP contribution in [0.15, 0.2) is 42.0 Å². The lowest BCUT2D eigenvalue weighted by Crippen LogP contribution is -2.44. The standard InChI is InChI=1S/C30H37FN2O5/c1-19(6-5-7-20-8-10-22(31)11-9-20)21-14-25(37-18-28(35)36)29-23-16-33(17-27(34)32-4)13-12-24(23)30(2,3)38-26(29)15-21/h8-11,14-15,19H,5-7,12-13,16-18H2,1-4H3,(H,32,34)(H,35,36). The number of benzene rings is 2. The fraction of sp³-hybridized carbons (Fsp3) is 0.467. The Kier molecular flexibility index (Phi) is 8.41. The summed E-state index contributed by atoms with van der Waals surface area (Å²) < 4.78 is 25.6. The molecule has 0 bridgehead atoms. The maximum atomic E-state index is 13.2. The van der Waals surface area contributed by atoms with E-state index < -0.39 is 18.2 Å². The molecule has 2 aromatic rings. The summed E-state index contributed by atoms with van der Waals surface area (Å²) in [5.74, 6) is 0.0152. The minimum Gasteiger partial charge on any atom is -0.483 e. The van der Waals surface area contributed by atoms with E-state index in [1.807, 2.05) is 18.2 Å². The second-order valence-corrected chi connectivity index (χ2v) is 10.7. The normalized spacial score (nSPS) is 17.2. The first-order chi connectivity index (χ1) is 18.1.